The highest BCUT2D eigenvalue weighted by molar-refractivity contribution is 4.31. The lowest BCUT2D eigenvalue weighted by Crippen LogP contribution is -3.08. The van der Waals surface area contributed by atoms with Crippen LogP contribution in [0.2, 0.25) is 0 Å². The molecule has 0 aliphatic rings. The van der Waals surface area contributed by atoms with Crippen molar-refractivity contribution in [1.82, 2.24) is 0 Å². The standard InChI is InChI=1S/C9H21N/c1-4-6-8-10(3)9-7-5-2/h4-9H2,1-3H3/p+1. The summed E-state index contributed by atoms with van der Waals surface area (Å²) in [5.74, 6) is 0. The van der Waals surface area contributed by atoms with Gasteiger partial charge >= 0.3 is 0 Å². The van der Waals surface area contributed by atoms with Gasteiger partial charge in [0.15, 0.2) is 0 Å². The molecule has 0 saturated heterocycles. The molecule has 0 aliphatic carbocycles. The minimum absolute atomic E-state index is 1.34. The summed E-state index contributed by atoms with van der Waals surface area (Å²) in [6.07, 6.45) is 5.44. The SMILES string of the molecule is CCCC[NH+](C)CCCC. The molecule has 1 N–H and O–H groups in total. The first-order valence-corrected chi connectivity index (χ1v) is 4.62. The van der Waals surface area contributed by atoms with Gasteiger partial charge in [-0.05, 0) is 12.8 Å². The van der Waals surface area contributed by atoms with Crippen molar-refractivity contribution in [3.05, 3.63) is 0 Å². The van der Waals surface area contributed by atoms with Gasteiger partial charge in [0.05, 0.1) is 20.1 Å². The van der Waals surface area contributed by atoms with E-state index in [4.69, 9.17) is 0 Å². The molecule has 0 rings (SSSR count). The molecule has 0 heterocycles. The van der Waals surface area contributed by atoms with E-state index in [1.165, 1.54) is 38.8 Å². The molecule has 0 amide bonds. The van der Waals surface area contributed by atoms with Crippen molar-refractivity contribution in [3.63, 3.8) is 0 Å². The first-order chi connectivity index (χ1) is 4.81. The Bertz CT molecular complexity index is 53.7. The largest absolute Gasteiger partial charge is 0.337 e. The maximum Gasteiger partial charge on any atom is 0.0768 e. The zero-order valence-corrected chi connectivity index (χ0v) is 7.74. The van der Waals surface area contributed by atoms with Crippen molar-refractivity contribution < 1.29 is 4.90 Å². The van der Waals surface area contributed by atoms with Crippen LogP contribution in [-0.2, 0) is 0 Å². The van der Waals surface area contributed by atoms with E-state index in [2.05, 4.69) is 20.9 Å². The lowest BCUT2D eigenvalue weighted by atomic mass is 10.3. The van der Waals surface area contributed by atoms with Crippen LogP contribution >= 0.6 is 0 Å². The van der Waals surface area contributed by atoms with Crippen LogP contribution in [0.25, 0.3) is 0 Å². The number of unbranched alkanes of at least 4 members (excludes halogenated alkanes) is 2. The molecule has 1 nitrogen and oxygen atoms in total. The smallest absolute Gasteiger partial charge is 0.0768 e. The van der Waals surface area contributed by atoms with E-state index in [0.29, 0.717) is 0 Å². The van der Waals surface area contributed by atoms with Gasteiger partial charge in [-0.25, -0.2) is 0 Å². The Kier molecular flexibility index (Phi) is 7.04. The van der Waals surface area contributed by atoms with Crippen LogP contribution in [0.15, 0.2) is 0 Å². The Balaban J connectivity index is 3.00. The highest BCUT2D eigenvalue weighted by Gasteiger charge is 1.97. The lowest BCUT2D eigenvalue weighted by Gasteiger charge is -2.11. The Labute approximate surface area is 65.4 Å². The Morgan fingerprint density at radius 1 is 0.900 bits per heavy atom. The number of nitrogens with one attached hydrogen (secondary N) is 1. The molecule has 0 aromatic rings. The van der Waals surface area contributed by atoms with Crippen LogP contribution in [0.4, 0.5) is 0 Å². The highest BCUT2D eigenvalue weighted by atomic mass is 15.1. The van der Waals surface area contributed by atoms with Crippen molar-refractivity contribution >= 4 is 0 Å². The van der Waals surface area contributed by atoms with Gasteiger partial charge in [0.25, 0.3) is 0 Å². The third-order valence-corrected chi connectivity index (χ3v) is 1.91. The summed E-state index contributed by atoms with van der Waals surface area (Å²) in [6, 6.07) is 0. The van der Waals surface area contributed by atoms with E-state index in [9.17, 15) is 0 Å². The first-order valence-electron chi connectivity index (χ1n) is 4.62. The van der Waals surface area contributed by atoms with Crippen molar-refractivity contribution in [2.45, 2.75) is 39.5 Å². The summed E-state index contributed by atoms with van der Waals surface area (Å²) in [5.41, 5.74) is 0. The first kappa shape index (κ1) is 9.96. The van der Waals surface area contributed by atoms with E-state index in [-0.39, 0.29) is 0 Å². The number of rotatable bonds is 6. The zero-order chi connectivity index (χ0) is 7.82. The van der Waals surface area contributed by atoms with Gasteiger partial charge in [0.1, 0.15) is 0 Å². The molecule has 0 aromatic heterocycles. The third kappa shape index (κ3) is 6.09. The van der Waals surface area contributed by atoms with Gasteiger partial charge in [0, 0.05) is 0 Å². The van der Waals surface area contributed by atoms with Crippen LogP contribution in [0.1, 0.15) is 39.5 Å². The monoisotopic (exact) mass is 144 g/mol. The van der Waals surface area contributed by atoms with Crippen LogP contribution < -0.4 is 4.90 Å². The fourth-order valence-corrected chi connectivity index (χ4v) is 1.08. The molecule has 0 bridgehead atoms. The quantitative estimate of drug-likeness (QED) is 0.569. The van der Waals surface area contributed by atoms with E-state index in [0.717, 1.165) is 0 Å². The molecule has 0 fully saturated rings. The average molecular weight is 144 g/mol. The predicted octanol–water partition coefficient (Wildman–Crippen LogP) is 1.10. The second-order valence-corrected chi connectivity index (χ2v) is 3.16. The highest BCUT2D eigenvalue weighted by Crippen LogP contribution is 1.81. The molecule has 0 aromatic carbocycles. The molecule has 0 unspecified atom stereocenters. The second-order valence-electron chi connectivity index (χ2n) is 3.16. The normalized spacial score (nSPS) is 10.8. The van der Waals surface area contributed by atoms with E-state index in [1.807, 2.05) is 0 Å². The number of hydrogen-bond donors (Lipinski definition) is 1. The zero-order valence-electron chi connectivity index (χ0n) is 7.74. The maximum absolute atomic E-state index is 2.30. The number of hydrogen-bond acceptors (Lipinski definition) is 0. The predicted molar refractivity (Wildman–Crippen MR) is 46.4 cm³/mol. The van der Waals surface area contributed by atoms with Crippen molar-refractivity contribution in [3.8, 4) is 0 Å². The topological polar surface area (TPSA) is 4.44 Å². The second kappa shape index (κ2) is 7.07. The van der Waals surface area contributed by atoms with Gasteiger partial charge in [-0.1, -0.05) is 26.7 Å². The van der Waals surface area contributed by atoms with E-state index >= 15 is 0 Å². The third-order valence-electron chi connectivity index (χ3n) is 1.91. The molecule has 1 heteroatoms. The Hall–Kier alpha value is -0.0400. The van der Waals surface area contributed by atoms with Gasteiger partial charge in [-0.3, -0.25) is 0 Å². The minimum Gasteiger partial charge on any atom is -0.337 e. The summed E-state index contributed by atoms with van der Waals surface area (Å²) >= 11 is 0. The van der Waals surface area contributed by atoms with Gasteiger partial charge in [-0.2, -0.15) is 0 Å². The summed E-state index contributed by atoms with van der Waals surface area (Å²) < 4.78 is 0. The maximum atomic E-state index is 2.30. The molecule has 0 saturated carbocycles. The van der Waals surface area contributed by atoms with Crippen LogP contribution in [0.5, 0.6) is 0 Å². The molecular weight excluding hydrogens is 122 g/mol. The summed E-state index contributed by atoms with van der Waals surface area (Å²) in [4.78, 5) is 1.70. The summed E-state index contributed by atoms with van der Waals surface area (Å²) in [6.45, 7) is 7.23. The van der Waals surface area contributed by atoms with E-state index in [1.54, 1.807) is 4.90 Å². The average Bonchev–Trinajstić information content (AvgIpc) is 1.97. The van der Waals surface area contributed by atoms with Crippen LogP contribution in [-0.4, -0.2) is 20.1 Å². The van der Waals surface area contributed by atoms with Gasteiger partial charge in [0.2, 0.25) is 0 Å². The van der Waals surface area contributed by atoms with Crippen molar-refractivity contribution in [2.24, 2.45) is 0 Å². The molecule has 0 radical (unpaired) electrons. The van der Waals surface area contributed by atoms with Gasteiger partial charge < -0.3 is 4.90 Å². The fourth-order valence-electron chi connectivity index (χ4n) is 1.08. The van der Waals surface area contributed by atoms with Gasteiger partial charge in [-0.15, -0.1) is 0 Å². The summed E-state index contributed by atoms with van der Waals surface area (Å²) in [7, 11) is 2.30. The summed E-state index contributed by atoms with van der Waals surface area (Å²) in [5, 5.41) is 0. The minimum atomic E-state index is 1.34. The van der Waals surface area contributed by atoms with Crippen LogP contribution in [0.3, 0.4) is 0 Å². The van der Waals surface area contributed by atoms with E-state index < -0.39 is 0 Å². The molecule has 0 aliphatic heterocycles. The number of quaternary nitrogens is 1. The van der Waals surface area contributed by atoms with Crippen LogP contribution in [0, 0.1) is 0 Å². The lowest BCUT2D eigenvalue weighted by molar-refractivity contribution is -0.880. The Morgan fingerprint density at radius 2 is 1.30 bits per heavy atom. The molecule has 62 valence electrons. The Morgan fingerprint density at radius 3 is 1.60 bits per heavy atom. The molecular formula is C9H22N+. The molecule has 10 heavy (non-hydrogen) atoms. The molecule has 0 spiro atoms. The fraction of sp³-hybridized carbons (Fsp3) is 1.00. The van der Waals surface area contributed by atoms with Crippen molar-refractivity contribution in [2.75, 3.05) is 20.1 Å². The molecule has 0 atom stereocenters. The van der Waals surface area contributed by atoms with Crippen molar-refractivity contribution in [1.29, 1.82) is 0 Å².